The molecule has 0 bridgehead atoms. The van der Waals surface area contributed by atoms with E-state index in [0.717, 1.165) is 12.8 Å². The summed E-state index contributed by atoms with van der Waals surface area (Å²) in [5.74, 6) is 0.403. The summed E-state index contributed by atoms with van der Waals surface area (Å²) >= 11 is 0. The van der Waals surface area contributed by atoms with E-state index in [9.17, 15) is 14.4 Å². The lowest BCUT2D eigenvalue weighted by molar-refractivity contribution is -0.120. The van der Waals surface area contributed by atoms with Crippen molar-refractivity contribution in [2.45, 2.75) is 19.8 Å². The Balaban J connectivity index is 1.50. The fourth-order valence-corrected chi connectivity index (χ4v) is 3.25. The highest BCUT2D eigenvalue weighted by Crippen LogP contribution is 2.28. The molecule has 2 amide bonds. The predicted octanol–water partition coefficient (Wildman–Crippen LogP) is 3.98. The highest BCUT2D eigenvalue weighted by molar-refractivity contribution is 5.96. The second-order valence-electron chi connectivity index (χ2n) is 8.23. The van der Waals surface area contributed by atoms with Crippen molar-refractivity contribution in [3.63, 3.8) is 0 Å². The molecule has 0 aliphatic rings. The number of hydrogen-bond donors (Lipinski definition) is 2. The van der Waals surface area contributed by atoms with Crippen LogP contribution in [-0.4, -0.2) is 51.4 Å². The van der Waals surface area contributed by atoms with Crippen LogP contribution in [0.3, 0.4) is 0 Å². The van der Waals surface area contributed by atoms with Crippen LogP contribution in [0.25, 0.3) is 0 Å². The smallest absolute Gasteiger partial charge is 0.343 e. The van der Waals surface area contributed by atoms with Crippen molar-refractivity contribution in [1.82, 2.24) is 10.7 Å². The number of ether oxygens (including phenoxy) is 4. The standard InChI is InChI=1S/C29H31N3O7/c1-4-5-16-38-24-13-9-22(10-14-24)29(35)39-25-15-6-20(17-26(25)37-3)18-31-32-27(33)19-30-28(34)21-7-11-23(36-2)12-8-21/h6-15,17-18H,4-5,16,19H2,1-3H3,(H,30,34)(H,32,33)/b31-18-. The number of hydrazone groups is 1. The van der Waals surface area contributed by atoms with Crippen LogP contribution in [-0.2, 0) is 4.79 Å². The van der Waals surface area contributed by atoms with Gasteiger partial charge in [0.15, 0.2) is 11.5 Å². The molecule has 0 spiro atoms. The number of rotatable bonds is 13. The molecule has 0 saturated heterocycles. The van der Waals surface area contributed by atoms with Crippen molar-refractivity contribution < 1.29 is 33.3 Å². The van der Waals surface area contributed by atoms with Crippen molar-refractivity contribution in [3.05, 3.63) is 83.4 Å². The van der Waals surface area contributed by atoms with Gasteiger partial charge in [0.05, 0.1) is 39.1 Å². The van der Waals surface area contributed by atoms with Gasteiger partial charge in [-0.15, -0.1) is 0 Å². The van der Waals surface area contributed by atoms with E-state index in [4.69, 9.17) is 18.9 Å². The number of nitrogens with one attached hydrogen (secondary N) is 2. The van der Waals surface area contributed by atoms with Crippen molar-refractivity contribution in [2.75, 3.05) is 27.4 Å². The molecule has 0 aromatic heterocycles. The third-order valence-electron chi connectivity index (χ3n) is 5.41. The first-order chi connectivity index (χ1) is 18.9. The molecule has 0 atom stereocenters. The molecule has 204 valence electrons. The monoisotopic (exact) mass is 533 g/mol. The van der Waals surface area contributed by atoms with Crippen LogP contribution in [0, 0.1) is 0 Å². The van der Waals surface area contributed by atoms with E-state index in [1.54, 1.807) is 66.7 Å². The zero-order valence-electron chi connectivity index (χ0n) is 22.1. The van der Waals surface area contributed by atoms with Crippen LogP contribution >= 0.6 is 0 Å². The summed E-state index contributed by atoms with van der Waals surface area (Å²) < 4.78 is 21.5. The Morgan fingerprint density at radius 3 is 2.21 bits per heavy atom. The van der Waals surface area contributed by atoms with Gasteiger partial charge in [0.25, 0.3) is 11.8 Å². The first kappa shape index (κ1) is 28.7. The molecule has 0 aliphatic heterocycles. The van der Waals surface area contributed by atoms with E-state index < -0.39 is 17.8 Å². The van der Waals surface area contributed by atoms with Gasteiger partial charge in [-0.2, -0.15) is 5.10 Å². The molecular formula is C29H31N3O7. The molecule has 0 aliphatic carbocycles. The minimum atomic E-state index is -0.543. The van der Waals surface area contributed by atoms with E-state index in [1.165, 1.54) is 20.4 Å². The fourth-order valence-electron chi connectivity index (χ4n) is 3.25. The maximum atomic E-state index is 12.6. The molecule has 0 heterocycles. The Morgan fingerprint density at radius 1 is 0.846 bits per heavy atom. The number of esters is 1. The summed E-state index contributed by atoms with van der Waals surface area (Å²) in [5.41, 5.74) is 3.69. The number of hydrogen-bond acceptors (Lipinski definition) is 8. The van der Waals surface area contributed by atoms with E-state index in [1.807, 2.05) is 0 Å². The van der Waals surface area contributed by atoms with Gasteiger partial charge in [-0.25, -0.2) is 10.2 Å². The number of methoxy groups -OCH3 is 2. The quantitative estimate of drug-likeness (QED) is 0.112. The average molecular weight is 534 g/mol. The Bertz CT molecular complexity index is 1290. The maximum Gasteiger partial charge on any atom is 0.343 e. The molecule has 2 N–H and O–H groups in total. The van der Waals surface area contributed by atoms with Gasteiger partial charge in [-0.05, 0) is 78.7 Å². The minimum Gasteiger partial charge on any atom is -0.497 e. The summed E-state index contributed by atoms with van der Waals surface area (Å²) in [6.07, 6.45) is 3.39. The minimum absolute atomic E-state index is 0.230. The lowest BCUT2D eigenvalue weighted by Crippen LogP contribution is -2.34. The number of carbonyl (C=O) groups excluding carboxylic acids is 3. The summed E-state index contributed by atoms with van der Waals surface area (Å²) in [6, 6.07) is 18.0. The first-order valence-corrected chi connectivity index (χ1v) is 12.3. The van der Waals surface area contributed by atoms with Crippen molar-refractivity contribution in [2.24, 2.45) is 5.10 Å². The lowest BCUT2D eigenvalue weighted by Gasteiger charge is -2.10. The molecule has 0 radical (unpaired) electrons. The lowest BCUT2D eigenvalue weighted by atomic mass is 10.2. The normalized spacial score (nSPS) is 10.5. The van der Waals surface area contributed by atoms with E-state index >= 15 is 0 Å². The zero-order chi connectivity index (χ0) is 28.0. The average Bonchev–Trinajstić information content (AvgIpc) is 2.97. The van der Waals surface area contributed by atoms with Crippen LogP contribution in [0.5, 0.6) is 23.0 Å². The molecule has 10 nitrogen and oxygen atoms in total. The van der Waals surface area contributed by atoms with Crippen molar-refractivity contribution >= 4 is 24.0 Å². The Labute approximate surface area is 226 Å². The Morgan fingerprint density at radius 2 is 1.54 bits per heavy atom. The second kappa shape index (κ2) is 14.8. The molecule has 0 saturated carbocycles. The number of unbranched alkanes of at least 4 members (excludes halogenated alkanes) is 1. The molecule has 10 heteroatoms. The van der Waals surface area contributed by atoms with Gasteiger partial charge in [0.1, 0.15) is 11.5 Å². The third-order valence-corrected chi connectivity index (χ3v) is 5.41. The maximum absolute atomic E-state index is 12.6. The van der Waals surface area contributed by atoms with E-state index in [0.29, 0.717) is 40.5 Å². The van der Waals surface area contributed by atoms with Gasteiger partial charge in [0.2, 0.25) is 0 Å². The summed E-state index contributed by atoms with van der Waals surface area (Å²) in [6.45, 7) is 2.45. The number of amides is 2. The molecule has 3 aromatic rings. The van der Waals surface area contributed by atoms with Crippen LogP contribution in [0.1, 0.15) is 46.0 Å². The van der Waals surface area contributed by atoms with Crippen LogP contribution in [0.15, 0.2) is 71.8 Å². The van der Waals surface area contributed by atoms with Gasteiger partial charge < -0.3 is 24.3 Å². The first-order valence-electron chi connectivity index (χ1n) is 12.3. The van der Waals surface area contributed by atoms with Crippen LogP contribution in [0.2, 0.25) is 0 Å². The van der Waals surface area contributed by atoms with Crippen molar-refractivity contribution in [1.29, 1.82) is 0 Å². The Hall–Kier alpha value is -4.86. The Kier molecular flexibility index (Phi) is 10.9. The van der Waals surface area contributed by atoms with E-state index in [2.05, 4.69) is 22.8 Å². The molecule has 39 heavy (non-hydrogen) atoms. The molecule has 0 unspecified atom stereocenters. The SMILES string of the molecule is CCCCOc1ccc(C(=O)Oc2ccc(/C=N\NC(=O)CNC(=O)c3ccc(OC)cc3)cc2OC)cc1. The number of carbonyl (C=O) groups is 3. The van der Waals surface area contributed by atoms with Crippen LogP contribution < -0.4 is 29.7 Å². The summed E-state index contributed by atoms with van der Waals surface area (Å²) in [7, 11) is 2.98. The highest BCUT2D eigenvalue weighted by Gasteiger charge is 2.13. The molecule has 3 rings (SSSR count). The molecule has 3 aromatic carbocycles. The fraction of sp³-hybridized carbons (Fsp3) is 0.241. The van der Waals surface area contributed by atoms with Crippen LogP contribution in [0.4, 0.5) is 0 Å². The summed E-state index contributed by atoms with van der Waals surface area (Å²) in [4.78, 5) is 36.8. The largest absolute Gasteiger partial charge is 0.497 e. The molecule has 0 fully saturated rings. The van der Waals surface area contributed by atoms with Gasteiger partial charge in [-0.3, -0.25) is 9.59 Å². The number of benzene rings is 3. The van der Waals surface area contributed by atoms with Gasteiger partial charge in [0, 0.05) is 5.56 Å². The van der Waals surface area contributed by atoms with Gasteiger partial charge >= 0.3 is 5.97 Å². The number of nitrogens with zero attached hydrogens (tertiary/aromatic N) is 1. The summed E-state index contributed by atoms with van der Waals surface area (Å²) in [5, 5.41) is 6.41. The topological polar surface area (TPSA) is 125 Å². The van der Waals surface area contributed by atoms with E-state index in [-0.39, 0.29) is 12.3 Å². The second-order valence-corrected chi connectivity index (χ2v) is 8.23. The predicted molar refractivity (Wildman–Crippen MR) is 146 cm³/mol. The highest BCUT2D eigenvalue weighted by atomic mass is 16.6. The van der Waals surface area contributed by atoms with Crippen molar-refractivity contribution in [3.8, 4) is 23.0 Å². The molecular weight excluding hydrogens is 502 g/mol. The van der Waals surface area contributed by atoms with Gasteiger partial charge in [-0.1, -0.05) is 13.3 Å². The zero-order valence-corrected chi connectivity index (χ0v) is 22.1. The third kappa shape index (κ3) is 8.89.